The van der Waals surface area contributed by atoms with Crippen LogP contribution in [0.4, 0.5) is 0 Å². The number of hydrogen-bond acceptors (Lipinski definition) is 3. The Morgan fingerprint density at radius 3 is 2.00 bits per heavy atom. The number of allylic oxidation sites excluding steroid dienone is 1. The van der Waals surface area contributed by atoms with Crippen LogP contribution in [0.25, 0.3) is 0 Å². The molecular weight excluding hydrogens is 158 g/mol. The van der Waals surface area contributed by atoms with Crippen molar-refractivity contribution < 1.29 is 9.59 Å². The zero-order valence-corrected chi connectivity index (χ0v) is 6.91. The van der Waals surface area contributed by atoms with E-state index in [1.807, 2.05) is 0 Å². The Morgan fingerprint density at radius 1 is 1.33 bits per heavy atom. The largest absolute Gasteiger partial charge is 0.368 e. The van der Waals surface area contributed by atoms with Gasteiger partial charge in [0.25, 0.3) is 0 Å². The number of rotatable bonds is 4. The van der Waals surface area contributed by atoms with Gasteiger partial charge in [-0.05, 0) is 6.92 Å². The molecule has 0 saturated heterocycles. The van der Waals surface area contributed by atoms with E-state index < -0.39 is 17.4 Å². The molecule has 68 valence electrons. The molecule has 2 amide bonds. The fraction of sp³-hybridized carbons (Fsp3) is 0.429. The van der Waals surface area contributed by atoms with Crippen LogP contribution in [-0.2, 0) is 9.59 Å². The minimum Gasteiger partial charge on any atom is -0.368 e. The quantitative estimate of drug-likeness (QED) is 0.358. The van der Waals surface area contributed by atoms with Crippen LogP contribution >= 0.6 is 0 Å². The van der Waals surface area contributed by atoms with Gasteiger partial charge in [0.2, 0.25) is 11.8 Å². The summed E-state index contributed by atoms with van der Waals surface area (Å²) in [5.74, 6) is -1.82. The molecule has 0 rings (SSSR count). The summed E-state index contributed by atoms with van der Waals surface area (Å²) < 4.78 is 0. The first-order valence-electron chi connectivity index (χ1n) is 3.45. The Hall–Kier alpha value is -1.36. The Balaban J connectivity index is 4.62. The highest BCUT2D eigenvalue weighted by molar-refractivity contribution is 6.08. The number of carbonyl (C=O) groups excluding carboxylic acids is 2. The third-order valence-corrected chi connectivity index (χ3v) is 1.55. The number of primary amides is 2. The molecule has 0 saturated carbocycles. The van der Waals surface area contributed by atoms with Crippen molar-refractivity contribution in [3.8, 4) is 0 Å². The van der Waals surface area contributed by atoms with E-state index in [0.29, 0.717) is 0 Å². The van der Waals surface area contributed by atoms with Crippen molar-refractivity contribution in [3.63, 3.8) is 0 Å². The lowest BCUT2D eigenvalue weighted by Gasteiger charge is -2.19. The number of carbonyl (C=O) groups is 2. The van der Waals surface area contributed by atoms with Crippen molar-refractivity contribution in [2.75, 3.05) is 0 Å². The van der Waals surface area contributed by atoms with Crippen LogP contribution in [0.15, 0.2) is 12.2 Å². The van der Waals surface area contributed by atoms with Crippen molar-refractivity contribution in [3.05, 3.63) is 12.2 Å². The summed E-state index contributed by atoms with van der Waals surface area (Å²) in [7, 11) is 0. The molecule has 0 aliphatic rings. The van der Waals surface area contributed by atoms with Crippen LogP contribution < -0.4 is 17.2 Å². The van der Waals surface area contributed by atoms with Crippen molar-refractivity contribution in [2.24, 2.45) is 17.2 Å². The smallest absolute Gasteiger partial charge is 0.247 e. The molecule has 0 aliphatic heterocycles. The molecule has 5 heteroatoms. The highest BCUT2D eigenvalue weighted by Gasteiger charge is 2.37. The summed E-state index contributed by atoms with van der Waals surface area (Å²) in [5, 5.41) is 0. The van der Waals surface area contributed by atoms with E-state index >= 15 is 0 Å². The third-order valence-electron chi connectivity index (χ3n) is 1.55. The van der Waals surface area contributed by atoms with E-state index in [0.717, 1.165) is 0 Å². The highest BCUT2D eigenvalue weighted by Crippen LogP contribution is 2.05. The van der Waals surface area contributed by atoms with Gasteiger partial charge in [0, 0.05) is 6.42 Å². The molecule has 0 bridgehead atoms. The van der Waals surface area contributed by atoms with Crippen LogP contribution in [0.1, 0.15) is 13.3 Å². The molecule has 0 fully saturated rings. The lowest BCUT2D eigenvalue weighted by molar-refractivity contribution is -0.133. The van der Waals surface area contributed by atoms with Gasteiger partial charge in [0.15, 0.2) is 5.54 Å². The molecule has 0 aromatic rings. The third kappa shape index (κ3) is 2.06. The maximum Gasteiger partial charge on any atom is 0.247 e. The number of nitrogens with two attached hydrogens (primary N) is 3. The fourth-order valence-corrected chi connectivity index (χ4v) is 0.626. The predicted octanol–water partition coefficient (Wildman–Crippen LogP) is -1.38. The first-order valence-corrected chi connectivity index (χ1v) is 3.45. The van der Waals surface area contributed by atoms with E-state index in [9.17, 15) is 9.59 Å². The van der Waals surface area contributed by atoms with Gasteiger partial charge in [-0.15, -0.1) is 0 Å². The van der Waals surface area contributed by atoms with Gasteiger partial charge < -0.3 is 17.2 Å². The molecule has 12 heavy (non-hydrogen) atoms. The van der Waals surface area contributed by atoms with Crippen LogP contribution in [0.3, 0.4) is 0 Å². The Morgan fingerprint density at radius 2 is 1.75 bits per heavy atom. The van der Waals surface area contributed by atoms with Gasteiger partial charge in [-0.1, -0.05) is 12.2 Å². The topological polar surface area (TPSA) is 112 Å². The van der Waals surface area contributed by atoms with Gasteiger partial charge >= 0.3 is 0 Å². The van der Waals surface area contributed by atoms with Crippen molar-refractivity contribution in [2.45, 2.75) is 18.9 Å². The molecule has 5 nitrogen and oxygen atoms in total. The zero-order valence-electron chi connectivity index (χ0n) is 6.91. The normalized spacial score (nSPS) is 11.8. The maximum atomic E-state index is 10.7. The van der Waals surface area contributed by atoms with Crippen LogP contribution in [0.2, 0.25) is 0 Å². The number of hydrogen-bond donors (Lipinski definition) is 3. The fourth-order valence-electron chi connectivity index (χ4n) is 0.626. The maximum absolute atomic E-state index is 10.7. The molecule has 6 N–H and O–H groups in total. The zero-order chi connectivity index (χ0) is 9.78. The van der Waals surface area contributed by atoms with Gasteiger partial charge in [-0.25, -0.2) is 0 Å². The predicted molar refractivity (Wildman–Crippen MR) is 44.7 cm³/mol. The highest BCUT2D eigenvalue weighted by atomic mass is 16.2. The Labute approximate surface area is 70.6 Å². The molecule has 0 radical (unpaired) electrons. The van der Waals surface area contributed by atoms with Crippen LogP contribution in [-0.4, -0.2) is 17.4 Å². The summed E-state index contributed by atoms with van der Waals surface area (Å²) in [6, 6.07) is 0. The first-order chi connectivity index (χ1) is 5.45. The molecule has 0 aliphatic carbocycles. The molecule has 0 spiro atoms. The van der Waals surface area contributed by atoms with E-state index in [2.05, 4.69) is 0 Å². The second-order valence-electron chi connectivity index (χ2n) is 2.47. The van der Waals surface area contributed by atoms with Crippen LogP contribution in [0, 0.1) is 0 Å². The summed E-state index contributed by atoms with van der Waals surface area (Å²) in [5.41, 5.74) is 13.4. The lowest BCUT2D eigenvalue weighted by Crippen LogP contribution is -2.60. The molecule has 0 aromatic heterocycles. The molecule has 0 unspecified atom stereocenters. The standard InChI is InChI=1S/C7H13N3O2/c1-2-3-4-7(10,5(8)11)6(9)12/h2-3H,4,10H2,1H3,(H2,8,11)(H2,9,12)/b3-2+. The second kappa shape index (κ2) is 3.87. The van der Waals surface area contributed by atoms with E-state index in [4.69, 9.17) is 17.2 Å². The van der Waals surface area contributed by atoms with Crippen molar-refractivity contribution in [1.82, 2.24) is 0 Å². The van der Waals surface area contributed by atoms with E-state index in [1.54, 1.807) is 19.1 Å². The van der Waals surface area contributed by atoms with Crippen molar-refractivity contribution >= 4 is 11.8 Å². The second-order valence-corrected chi connectivity index (χ2v) is 2.47. The minimum absolute atomic E-state index is 0.0359. The van der Waals surface area contributed by atoms with Crippen LogP contribution in [0.5, 0.6) is 0 Å². The van der Waals surface area contributed by atoms with Gasteiger partial charge in [0.1, 0.15) is 0 Å². The van der Waals surface area contributed by atoms with Gasteiger partial charge in [-0.2, -0.15) is 0 Å². The average molecular weight is 171 g/mol. The molecule has 0 heterocycles. The lowest BCUT2D eigenvalue weighted by atomic mass is 9.95. The Kier molecular flexibility index (Phi) is 3.43. The van der Waals surface area contributed by atoms with Crippen molar-refractivity contribution in [1.29, 1.82) is 0 Å². The molecule has 0 aromatic carbocycles. The van der Waals surface area contributed by atoms with E-state index in [1.165, 1.54) is 0 Å². The minimum atomic E-state index is -1.76. The summed E-state index contributed by atoms with van der Waals surface area (Å²) in [4.78, 5) is 21.5. The molecule has 0 atom stereocenters. The summed E-state index contributed by atoms with van der Waals surface area (Å²) in [6.45, 7) is 1.74. The Bertz CT molecular complexity index is 209. The number of amides is 2. The summed E-state index contributed by atoms with van der Waals surface area (Å²) in [6.07, 6.45) is 3.26. The SMILES string of the molecule is C/C=C/CC(N)(C(N)=O)C(N)=O. The first kappa shape index (κ1) is 10.6. The molecular formula is C7H13N3O2. The van der Waals surface area contributed by atoms with Gasteiger partial charge in [-0.3, -0.25) is 9.59 Å². The van der Waals surface area contributed by atoms with Gasteiger partial charge in [0.05, 0.1) is 0 Å². The summed E-state index contributed by atoms with van der Waals surface area (Å²) >= 11 is 0. The average Bonchev–Trinajstić information content (AvgIpc) is 1.99. The monoisotopic (exact) mass is 171 g/mol. The van der Waals surface area contributed by atoms with E-state index in [-0.39, 0.29) is 6.42 Å².